The second kappa shape index (κ2) is 9.60. The molecule has 5 rings (SSSR count). The summed E-state index contributed by atoms with van der Waals surface area (Å²) in [5.74, 6) is -0.347. The van der Waals surface area contributed by atoms with Gasteiger partial charge >= 0.3 is 12.1 Å². The number of hydrogen-bond donors (Lipinski definition) is 0. The lowest BCUT2D eigenvalue weighted by molar-refractivity contribution is 0.0122. The van der Waals surface area contributed by atoms with Crippen molar-refractivity contribution in [3.63, 3.8) is 0 Å². The van der Waals surface area contributed by atoms with E-state index in [1.165, 1.54) is 6.20 Å². The van der Waals surface area contributed by atoms with E-state index in [1.807, 2.05) is 25.7 Å². The summed E-state index contributed by atoms with van der Waals surface area (Å²) in [5.41, 5.74) is -1.09. The van der Waals surface area contributed by atoms with E-state index in [0.29, 0.717) is 24.3 Å². The number of rotatable bonds is 7. The van der Waals surface area contributed by atoms with E-state index in [9.17, 15) is 13.2 Å². The molecule has 2 aliphatic heterocycles. The number of pyridine rings is 1. The first-order valence-electron chi connectivity index (χ1n) is 12.5. The fourth-order valence-electron chi connectivity index (χ4n) is 4.95. The number of piperazine rings is 1. The van der Waals surface area contributed by atoms with Gasteiger partial charge in [-0.05, 0) is 46.5 Å². The zero-order chi connectivity index (χ0) is 27.5. The molecule has 14 heteroatoms. The van der Waals surface area contributed by atoms with Gasteiger partial charge in [0.1, 0.15) is 16.9 Å². The summed E-state index contributed by atoms with van der Waals surface area (Å²) in [6, 6.07) is -0.238. The summed E-state index contributed by atoms with van der Waals surface area (Å²) in [4.78, 5) is 29.5. The Hall–Kier alpha value is -2.51. The van der Waals surface area contributed by atoms with Crippen molar-refractivity contribution >= 4 is 44.5 Å². The molecule has 2 saturated heterocycles. The number of carbonyl (C=O) groups excluding carboxylic acids is 1. The monoisotopic (exact) mass is 571 g/mol. The van der Waals surface area contributed by atoms with Crippen molar-refractivity contribution in [1.29, 1.82) is 0 Å². The van der Waals surface area contributed by atoms with Gasteiger partial charge in [0.15, 0.2) is 11.0 Å². The first-order chi connectivity index (χ1) is 17.7. The maximum absolute atomic E-state index is 15.0. The molecule has 0 spiro atoms. The Balaban J connectivity index is 1.41. The van der Waals surface area contributed by atoms with E-state index in [2.05, 4.69) is 15.0 Å². The number of hydrogen-bond acceptors (Lipinski definition) is 10. The van der Waals surface area contributed by atoms with Crippen LogP contribution in [0.25, 0.3) is 10.9 Å². The average Bonchev–Trinajstić information content (AvgIpc) is 3.55. The van der Waals surface area contributed by atoms with Crippen LogP contribution in [0, 0.1) is 11.2 Å². The summed E-state index contributed by atoms with van der Waals surface area (Å²) < 4.78 is 54.4. The molecule has 0 N–H and O–H groups in total. The smallest absolute Gasteiger partial charge is 0.410 e. The highest BCUT2D eigenvalue weighted by Gasteiger charge is 2.46. The largest absolute Gasteiger partial charge is 0.463 e. The third-order valence-corrected chi connectivity index (χ3v) is 7.84. The Morgan fingerprint density at radius 2 is 1.84 bits per heavy atom. The number of ether oxygens (including phenoxy) is 2. The number of anilines is 1. The molecule has 1 saturated carbocycles. The molecule has 11 nitrogen and oxygen atoms in total. The summed E-state index contributed by atoms with van der Waals surface area (Å²) >= 11 is 5.95. The van der Waals surface area contributed by atoms with Gasteiger partial charge in [0.2, 0.25) is 0 Å². The minimum absolute atomic E-state index is 0.00757. The van der Waals surface area contributed by atoms with E-state index in [1.54, 1.807) is 4.90 Å². The van der Waals surface area contributed by atoms with Gasteiger partial charge in [-0.25, -0.2) is 14.2 Å². The normalized spacial score (nSPS) is 22.6. The van der Waals surface area contributed by atoms with E-state index in [0.717, 1.165) is 31.9 Å². The minimum Gasteiger partial charge on any atom is -0.463 e. The molecular formula is C24H31ClFN5O6S. The molecule has 2 bridgehead atoms. The number of fused-ring (bicyclic) bond motifs is 3. The predicted molar refractivity (Wildman–Crippen MR) is 137 cm³/mol. The standard InChI is InChI=1S/C24H31ClFN5O6S/c1-23(2,3)37-22(32)31-14-5-6-15(31)11-30(10-14)20-16-9-27-19(25)17(26)18(16)28-21(29-20)35-12-24(7-8-24)13-36-38(4,33)34/h9,14-15H,5-8,10-13H2,1-4H3. The van der Waals surface area contributed by atoms with Crippen LogP contribution in [0.1, 0.15) is 46.5 Å². The molecule has 3 aliphatic rings. The van der Waals surface area contributed by atoms with Gasteiger partial charge in [0.25, 0.3) is 10.1 Å². The Labute approximate surface area is 225 Å². The molecule has 2 aromatic heterocycles. The van der Waals surface area contributed by atoms with Gasteiger partial charge in [0.05, 0.1) is 36.9 Å². The van der Waals surface area contributed by atoms with Gasteiger partial charge in [-0.3, -0.25) is 9.08 Å². The lowest BCUT2D eigenvalue weighted by Crippen LogP contribution is -2.57. The van der Waals surface area contributed by atoms with Gasteiger partial charge in [-0.1, -0.05) is 11.6 Å². The lowest BCUT2D eigenvalue weighted by Gasteiger charge is -2.42. The predicted octanol–water partition coefficient (Wildman–Crippen LogP) is 3.54. The summed E-state index contributed by atoms with van der Waals surface area (Å²) in [6.07, 6.45) is 5.17. The highest BCUT2D eigenvalue weighted by atomic mass is 35.5. The van der Waals surface area contributed by atoms with Crippen LogP contribution in [0.5, 0.6) is 6.01 Å². The van der Waals surface area contributed by atoms with Crippen LogP contribution in [0.3, 0.4) is 0 Å². The third kappa shape index (κ3) is 5.74. The summed E-state index contributed by atoms with van der Waals surface area (Å²) in [7, 11) is -3.59. The van der Waals surface area contributed by atoms with Crippen LogP contribution >= 0.6 is 11.6 Å². The van der Waals surface area contributed by atoms with Crippen molar-refractivity contribution < 1.29 is 31.3 Å². The summed E-state index contributed by atoms with van der Waals surface area (Å²) in [5, 5.41) is 0.0639. The highest BCUT2D eigenvalue weighted by molar-refractivity contribution is 7.85. The Kier molecular flexibility index (Phi) is 6.84. The van der Waals surface area contributed by atoms with Gasteiger partial charge in [-0.15, -0.1) is 0 Å². The number of aromatic nitrogens is 3. The SMILES string of the molecule is CC(C)(C)OC(=O)N1C2CCC1CN(c1nc(OCC3(COS(C)(=O)=O)CC3)nc3c(F)c(Cl)ncc13)C2. The zero-order valence-electron chi connectivity index (χ0n) is 21.7. The lowest BCUT2D eigenvalue weighted by atomic mass is 10.1. The van der Waals surface area contributed by atoms with Crippen LogP contribution in [0.15, 0.2) is 6.20 Å². The van der Waals surface area contributed by atoms with E-state index in [-0.39, 0.29) is 48.1 Å². The van der Waals surface area contributed by atoms with Crippen LogP contribution < -0.4 is 9.64 Å². The van der Waals surface area contributed by atoms with Crippen molar-refractivity contribution in [1.82, 2.24) is 19.9 Å². The van der Waals surface area contributed by atoms with Crippen molar-refractivity contribution in [3.8, 4) is 6.01 Å². The van der Waals surface area contributed by atoms with Crippen LogP contribution in [-0.4, -0.2) is 84.6 Å². The second-order valence-electron chi connectivity index (χ2n) is 11.4. The van der Waals surface area contributed by atoms with Crippen LogP contribution in [0.4, 0.5) is 15.0 Å². The maximum Gasteiger partial charge on any atom is 0.410 e. The number of amides is 1. The molecule has 3 fully saturated rings. The third-order valence-electron chi connectivity index (χ3n) is 7.03. The average molecular weight is 572 g/mol. The van der Waals surface area contributed by atoms with Crippen LogP contribution in [0.2, 0.25) is 5.15 Å². The summed E-state index contributed by atoms with van der Waals surface area (Å²) in [6.45, 7) is 6.56. The second-order valence-corrected chi connectivity index (χ2v) is 13.4. The highest BCUT2D eigenvalue weighted by Crippen LogP contribution is 2.46. The molecule has 2 unspecified atom stereocenters. The molecule has 208 valence electrons. The topological polar surface area (TPSA) is 124 Å². The maximum atomic E-state index is 15.0. The molecule has 0 radical (unpaired) electrons. The molecule has 38 heavy (non-hydrogen) atoms. The van der Waals surface area contributed by atoms with Gasteiger partial charge in [0, 0.05) is 24.7 Å². The van der Waals surface area contributed by atoms with Crippen molar-refractivity contribution in [2.24, 2.45) is 5.41 Å². The quantitative estimate of drug-likeness (QED) is 0.360. The fraction of sp³-hybridized carbons (Fsp3) is 0.667. The molecule has 2 aromatic rings. The Bertz CT molecular complexity index is 1350. The molecule has 0 aromatic carbocycles. The van der Waals surface area contributed by atoms with E-state index >= 15 is 4.39 Å². The van der Waals surface area contributed by atoms with Gasteiger partial charge in [-0.2, -0.15) is 18.4 Å². The molecule has 1 aliphatic carbocycles. The molecule has 4 heterocycles. The van der Waals surface area contributed by atoms with Gasteiger partial charge < -0.3 is 14.4 Å². The molecule has 1 amide bonds. The number of nitrogens with zero attached hydrogens (tertiary/aromatic N) is 5. The first-order valence-corrected chi connectivity index (χ1v) is 14.7. The van der Waals surface area contributed by atoms with Crippen LogP contribution in [-0.2, 0) is 19.0 Å². The Morgan fingerprint density at radius 1 is 1.18 bits per heavy atom. The van der Waals surface area contributed by atoms with Crippen molar-refractivity contribution in [3.05, 3.63) is 17.2 Å². The molecular weight excluding hydrogens is 541 g/mol. The van der Waals surface area contributed by atoms with E-state index in [4.69, 9.17) is 25.3 Å². The fourth-order valence-corrected chi connectivity index (χ4v) is 5.55. The zero-order valence-corrected chi connectivity index (χ0v) is 23.3. The Morgan fingerprint density at radius 3 is 2.42 bits per heavy atom. The van der Waals surface area contributed by atoms with E-state index < -0.39 is 27.0 Å². The first kappa shape index (κ1) is 27.1. The number of halogens is 2. The van der Waals surface area contributed by atoms with Crippen molar-refractivity contribution in [2.75, 3.05) is 37.5 Å². The van der Waals surface area contributed by atoms with Crippen molar-refractivity contribution in [2.45, 2.75) is 64.1 Å². The molecule has 2 atom stereocenters. The minimum atomic E-state index is -3.59. The number of carbonyl (C=O) groups is 1.